The molecular formula is C19H16F3N3O3. The van der Waals surface area contributed by atoms with Crippen LogP contribution in [-0.4, -0.2) is 16.0 Å². The summed E-state index contributed by atoms with van der Waals surface area (Å²) >= 11 is 0. The van der Waals surface area contributed by atoms with Gasteiger partial charge in [-0.25, -0.2) is 4.98 Å². The molecule has 0 spiro atoms. The third-order valence-electron chi connectivity index (χ3n) is 4.01. The Bertz CT molecular complexity index is 945. The van der Waals surface area contributed by atoms with Crippen LogP contribution in [0.1, 0.15) is 32.9 Å². The minimum atomic E-state index is -4.48. The molecule has 1 amide bonds. The molecule has 0 unspecified atom stereocenters. The first-order valence-electron chi connectivity index (χ1n) is 8.23. The van der Waals surface area contributed by atoms with E-state index in [1.165, 1.54) is 0 Å². The molecule has 3 aromatic rings. The maximum absolute atomic E-state index is 12.5. The summed E-state index contributed by atoms with van der Waals surface area (Å²) in [6, 6.07) is 8.28. The van der Waals surface area contributed by atoms with Gasteiger partial charge in [-0.2, -0.15) is 13.2 Å². The highest BCUT2D eigenvalue weighted by Crippen LogP contribution is 2.29. The smallest absolute Gasteiger partial charge is 0.417 e. The van der Waals surface area contributed by atoms with Crippen LogP contribution >= 0.6 is 0 Å². The highest BCUT2D eigenvalue weighted by atomic mass is 19.4. The Morgan fingerprint density at radius 1 is 1.14 bits per heavy atom. The van der Waals surface area contributed by atoms with Gasteiger partial charge in [0.15, 0.2) is 0 Å². The standard InChI is InChI=1S/C19H16F3N3O3/c1-11-16(12(2)28-25-11)10-27-15-6-3-13(4-7-15)18(26)24-17-8-5-14(9-23-17)19(20,21)22/h3-9H,10H2,1-2H3,(H,23,24,26). The van der Waals surface area contributed by atoms with E-state index in [4.69, 9.17) is 9.26 Å². The number of rotatable bonds is 5. The van der Waals surface area contributed by atoms with Crippen LogP contribution in [0.25, 0.3) is 0 Å². The van der Waals surface area contributed by atoms with Crippen molar-refractivity contribution in [2.24, 2.45) is 0 Å². The fourth-order valence-electron chi connectivity index (χ4n) is 2.39. The molecule has 2 aromatic heterocycles. The molecule has 28 heavy (non-hydrogen) atoms. The van der Waals surface area contributed by atoms with Crippen LogP contribution in [0.15, 0.2) is 47.1 Å². The monoisotopic (exact) mass is 391 g/mol. The molecule has 0 radical (unpaired) electrons. The molecule has 2 heterocycles. The van der Waals surface area contributed by atoms with Crippen molar-refractivity contribution in [3.63, 3.8) is 0 Å². The molecule has 0 aliphatic rings. The van der Waals surface area contributed by atoms with Crippen molar-refractivity contribution in [2.45, 2.75) is 26.6 Å². The third-order valence-corrected chi connectivity index (χ3v) is 4.01. The van der Waals surface area contributed by atoms with Gasteiger partial charge in [0.25, 0.3) is 5.91 Å². The Kier molecular flexibility index (Phi) is 5.34. The SMILES string of the molecule is Cc1noc(C)c1COc1ccc(C(=O)Nc2ccc(C(F)(F)F)cn2)cc1. The first-order chi connectivity index (χ1) is 13.2. The minimum Gasteiger partial charge on any atom is -0.489 e. The summed E-state index contributed by atoms with van der Waals surface area (Å²) in [7, 11) is 0. The number of pyridine rings is 1. The maximum Gasteiger partial charge on any atom is 0.417 e. The normalized spacial score (nSPS) is 11.3. The third kappa shape index (κ3) is 4.48. The van der Waals surface area contributed by atoms with Crippen molar-refractivity contribution in [1.29, 1.82) is 0 Å². The second-order valence-electron chi connectivity index (χ2n) is 6.00. The van der Waals surface area contributed by atoms with Crippen molar-refractivity contribution >= 4 is 11.7 Å². The Morgan fingerprint density at radius 3 is 2.39 bits per heavy atom. The number of nitrogens with zero attached hydrogens (tertiary/aromatic N) is 2. The minimum absolute atomic E-state index is 0.0248. The van der Waals surface area contributed by atoms with Crippen LogP contribution in [0.3, 0.4) is 0 Å². The van der Waals surface area contributed by atoms with E-state index >= 15 is 0 Å². The fourth-order valence-corrected chi connectivity index (χ4v) is 2.39. The van der Waals surface area contributed by atoms with Gasteiger partial charge >= 0.3 is 6.18 Å². The summed E-state index contributed by atoms with van der Waals surface area (Å²) < 4.78 is 48.3. The van der Waals surface area contributed by atoms with E-state index in [-0.39, 0.29) is 12.4 Å². The van der Waals surface area contributed by atoms with Crippen molar-refractivity contribution in [1.82, 2.24) is 10.1 Å². The zero-order valence-electron chi connectivity index (χ0n) is 15.0. The lowest BCUT2D eigenvalue weighted by Gasteiger charge is -2.09. The zero-order chi connectivity index (χ0) is 20.3. The molecule has 0 aliphatic carbocycles. The van der Waals surface area contributed by atoms with E-state index in [9.17, 15) is 18.0 Å². The van der Waals surface area contributed by atoms with E-state index in [0.29, 0.717) is 23.3 Å². The van der Waals surface area contributed by atoms with E-state index in [2.05, 4.69) is 15.5 Å². The highest BCUT2D eigenvalue weighted by molar-refractivity contribution is 6.03. The maximum atomic E-state index is 12.5. The molecule has 0 atom stereocenters. The van der Waals surface area contributed by atoms with Crippen LogP contribution in [0, 0.1) is 13.8 Å². The first kappa shape index (κ1) is 19.4. The van der Waals surface area contributed by atoms with Crippen molar-refractivity contribution in [3.05, 3.63) is 70.7 Å². The van der Waals surface area contributed by atoms with Gasteiger partial charge in [-0.15, -0.1) is 0 Å². The Morgan fingerprint density at radius 2 is 1.86 bits per heavy atom. The predicted molar refractivity (Wildman–Crippen MR) is 93.9 cm³/mol. The van der Waals surface area contributed by atoms with Gasteiger partial charge in [-0.05, 0) is 50.2 Å². The topological polar surface area (TPSA) is 77.2 Å². The number of benzene rings is 1. The lowest BCUT2D eigenvalue weighted by atomic mass is 10.2. The zero-order valence-corrected chi connectivity index (χ0v) is 15.0. The number of amides is 1. The second-order valence-corrected chi connectivity index (χ2v) is 6.00. The highest BCUT2D eigenvalue weighted by Gasteiger charge is 2.30. The average molecular weight is 391 g/mol. The van der Waals surface area contributed by atoms with E-state index in [1.54, 1.807) is 31.2 Å². The number of alkyl halides is 3. The molecule has 0 saturated carbocycles. The Labute approximate surface area is 158 Å². The van der Waals surface area contributed by atoms with Gasteiger partial charge in [0.05, 0.1) is 16.8 Å². The number of carbonyl (C=O) groups is 1. The second kappa shape index (κ2) is 7.71. The molecule has 9 heteroatoms. The van der Waals surface area contributed by atoms with Crippen LogP contribution in [0.2, 0.25) is 0 Å². The van der Waals surface area contributed by atoms with E-state index < -0.39 is 17.6 Å². The molecular weight excluding hydrogens is 375 g/mol. The van der Waals surface area contributed by atoms with Crippen LogP contribution < -0.4 is 10.1 Å². The van der Waals surface area contributed by atoms with Gasteiger partial charge in [0.2, 0.25) is 0 Å². The predicted octanol–water partition coefficient (Wildman–Crippen LogP) is 4.54. The summed E-state index contributed by atoms with van der Waals surface area (Å²) in [6.07, 6.45) is -3.81. The van der Waals surface area contributed by atoms with Gasteiger partial charge < -0.3 is 14.6 Å². The van der Waals surface area contributed by atoms with Crippen molar-refractivity contribution < 1.29 is 27.2 Å². The number of carbonyl (C=O) groups excluding carboxylic acids is 1. The number of aryl methyl sites for hydroxylation is 2. The quantitative estimate of drug-likeness (QED) is 0.691. The lowest BCUT2D eigenvalue weighted by Crippen LogP contribution is -2.13. The number of hydrogen-bond acceptors (Lipinski definition) is 5. The lowest BCUT2D eigenvalue weighted by molar-refractivity contribution is -0.137. The van der Waals surface area contributed by atoms with Gasteiger partial charge in [0.1, 0.15) is 23.9 Å². The van der Waals surface area contributed by atoms with Gasteiger partial charge in [-0.1, -0.05) is 5.16 Å². The van der Waals surface area contributed by atoms with Crippen molar-refractivity contribution in [3.8, 4) is 5.75 Å². The summed E-state index contributed by atoms with van der Waals surface area (Å²) in [5.74, 6) is 0.753. The summed E-state index contributed by atoms with van der Waals surface area (Å²) in [4.78, 5) is 15.8. The molecule has 146 valence electrons. The Balaban J connectivity index is 1.60. The average Bonchev–Trinajstić information content (AvgIpc) is 2.98. The summed E-state index contributed by atoms with van der Waals surface area (Å²) in [5, 5.41) is 6.29. The molecule has 1 aromatic carbocycles. The van der Waals surface area contributed by atoms with Crippen LogP contribution in [0.4, 0.5) is 19.0 Å². The first-order valence-corrected chi connectivity index (χ1v) is 8.23. The summed E-state index contributed by atoms with van der Waals surface area (Å²) in [5.41, 5.74) is 1.03. The molecule has 6 nitrogen and oxygen atoms in total. The van der Waals surface area contributed by atoms with E-state index in [1.807, 2.05) is 6.92 Å². The van der Waals surface area contributed by atoms with Crippen LogP contribution in [0.5, 0.6) is 5.75 Å². The number of anilines is 1. The number of halogens is 3. The van der Waals surface area contributed by atoms with Gasteiger partial charge in [0, 0.05) is 11.8 Å². The molecule has 1 N–H and O–H groups in total. The number of aromatic nitrogens is 2. The number of nitrogens with one attached hydrogen (secondary N) is 1. The number of ether oxygens (including phenoxy) is 1. The molecule has 0 aliphatic heterocycles. The number of hydrogen-bond donors (Lipinski definition) is 1. The molecule has 0 fully saturated rings. The van der Waals surface area contributed by atoms with Gasteiger partial charge in [-0.3, -0.25) is 4.79 Å². The largest absolute Gasteiger partial charge is 0.489 e. The van der Waals surface area contributed by atoms with Crippen LogP contribution in [-0.2, 0) is 12.8 Å². The fraction of sp³-hybridized carbons (Fsp3) is 0.211. The molecule has 0 saturated heterocycles. The Hall–Kier alpha value is -3.36. The summed E-state index contributed by atoms with van der Waals surface area (Å²) in [6.45, 7) is 3.89. The molecule has 0 bridgehead atoms. The molecule has 3 rings (SSSR count). The van der Waals surface area contributed by atoms with E-state index in [0.717, 1.165) is 23.4 Å². The van der Waals surface area contributed by atoms with Crippen molar-refractivity contribution in [2.75, 3.05) is 5.32 Å².